The number of aromatic nitrogens is 2. The molecule has 0 spiro atoms. The Morgan fingerprint density at radius 1 is 1.19 bits per heavy atom. The van der Waals surface area contributed by atoms with E-state index in [-0.39, 0.29) is 0 Å². The maximum atomic E-state index is 4.37. The Labute approximate surface area is 128 Å². The molecule has 1 heterocycles. The van der Waals surface area contributed by atoms with E-state index in [4.69, 9.17) is 0 Å². The number of aryl methyl sites for hydroxylation is 1. The minimum Gasteiger partial charge on any atom is -0.331 e. The van der Waals surface area contributed by atoms with Crippen LogP contribution >= 0.6 is 0 Å². The van der Waals surface area contributed by atoms with Gasteiger partial charge in [0.25, 0.3) is 0 Å². The van der Waals surface area contributed by atoms with Gasteiger partial charge in [-0.25, -0.2) is 4.98 Å². The molecule has 21 heavy (non-hydrogen) atoms. The zero-order valence-electron chi connectivity index (χ0n) is 13.5. The van der Waals surface area contributed by atoms with E-state index in [0.29, 0.717) is 5.92 Å². The molecule has 1 atom stereocenters. The minimum atomic E-state index is 0.560. The van der Waals surface area contributed by atoms with Gasteiger partial charge in [0.15, 0.2) is 0 Å². The molecule has 0 amide bonds. The number of imidazole rings is 1. The molecule has 0 bridgehead atoms. The summed E-state index contributed by atoms with van der Waals surface area (Å²) in [5.74, 6) is 1.71. The Balaban J connectivity index is 1.95. The summed E-state index contributed by atoms with van der Waals surface area (Å²) in [6, 6.07) is 9.00. The lowest BCUT2D eigenvalue weighted by Gasteiger charge is -2.14. The first-order valence-electron chi connectivity index (χ1n) is 8.04. The first kappa shape index (κ1) is 15.8. The van der Waals surface area contributed by atoms with Gasteiger partial charge in [-0.2, -0.15) is 0 Å². The second-order valence-corrected chi connectivity index (χ2v) is 5.67. The van der Waals surface area contributed by atoms with Gasteiger partial charge in [0.2, 0.25) is 0 Å². The van der Waals surface area contributed by atoms with E-state index in [1.807, 2.05) is 6.20 Å². The van der Waals surface area contributed by atoms with Crippen LogP contribution < -0.4 is 5.32 Å². The number of hydrogen-bond acceptors (Lipinski definition) is 2. The van der Waals surface area contributed by atoms with Crippen molar-refractivity contribution in [1.29, 1.82) is 0 Å². The summed E-state index contributed by atoms with van der Waals surface area (Å²) in [6.07, 6.45) is 6.11. The molecule has 2 rings (SSSR count). The molecule has 1 aromatic carbocycles. The van der Waals surface area contributed by atoms with Gasteiger partial charge in [-0.05, 0) is 30.0 Å². The maximum absolute atomic E-state index is 4.37. The van der Waals surface area contributed by atoms with Crippen LogP contribution in [0.3, 0.4) is 0 Å². The van der Waals surface area contributed by atoms with E-state index in [9.17, 15) is 0 Å². The zero-order chi connectivity index (χ0) is 15.1. The highest BCUT2D eigenvalue weighted by Gasteiger charge is 2.06. The third kappa shape index (κ3) is 4.43. The van der Waals surface area contributed by atoms with Gasteiger partial charge in [-0.15, -0.1) is 0 Å². The number of nitrogens with one attached hydrogen (secondary N) is 1. The van der Waals surface area contributed by atoms with Gasteiger partial charge in [-0.1, -0.05) is 45.0 Å². The Bertz CT molecular complexity index is 528. The predicted molar refractivity (Wildman–Crippen MR) is 88.7 cm³/mol. The van der Waals surface area contributed by atoms with Crippen LogP contribution in [0, 0.1) is 0 Å². The molecule has 2 aromatic rings. The van der Waals surface area contributed by atoms with Crippen LogP contribution in [0.4, 0.5) is 0 Å². The highest BCUT2D eigenvalue weighted by atomic mass is 15.1. The number of hydrogen-bond donors (Lipinski definition) is 1. The average molecular weight is 285 g/mol. The summed E-state index contributed by atoms with van der Waals surface area (Å²) in [5, 5.41) is 3.49. The lowest BCUT2D eigenvalue weighted by molar-refractivity contribution is 0.609. The van der Waals surface area contributed by atoms with Crippen molar-refractivity contribution in [2.75, 3.05) is 13.1 Å². The molecule has 3 nitrogen and oxygen atoms in total. The molecule has 0 radical (unpaired) electrons. The topological polar surface area (TPSA) is 29.9 Å². The minimum absolute atomic E-state index is 0.560. The Morgan fingerprint density at radius 3 is 2.62 bits per heavy atom. The van der Waals surface area contributed by atoms with Crippen molar-refractivity contribution >= 4 is 0 Å². The van der Waals surface area contributed by atoms with Crippen molar-refractivity contribution in [3.8, 4) is 0 Å². The Hall–Kier alpha value is -1.61. The van der Waals surface area contributed by atoms with E-state index in [1.54, 1.807) is 0 Å². The highest BCUT2D eigenvalue weighted by molar-refractivity contribution is 5.25. The van der Waals surface area contributed by atoms with E-state index in [2.05, 4.69) is 66.1 Å². The van der Waals surface area contributed by atoms with Crippen molar-refractivity contribution in [3.05, 3.63) is 53.6 Å². The molecule has 1 N–H and O–H groups in total. The molecule has 0 saturated heterocycles. The van der Waals surface area contributed by atoms with Crippen molar-refractivity contribution < 1.29 is 0 Å². The Kier molecular flexibility index (Phi) is 6.00. The molecule has 0 aliphatic heterocycles. The molecule has 3 heteroatoms. The molecular formula is C18H27N3. The molecule has 0 fully saturated rings. The van der Waals surface area contributed by atoms with Gasteiger partial charge in [0, 0.05) is 31.9 Å². The molecule has 0 aliphatic carbocycles. The largest absolute Gasteiger partial charge is 0.331 e. The van der Waals surface area contributed by atoms with Gasteiger partial charge in [0.1, 0.15) is 5.82 Å². The highest BCUT2D eigenvalue weighted by Crippen LogP contribution is 2.16. The first-order valence-corrected chi connectivity index (χ1v) is 8.04. The monoisotopic (exact) mass is 285 g/mol. The quantitative estimate of drug-likeness (QED) is 0.751. The van der Waals surface area contributed by atoms with Crippen molar-refractivity contribution in [1.82, 2.24) is 14.9 Å². The van der Waals surface area contributed by atoms with Gasteiger partial charge >= 0.3 is 0 Å². The van der Waals surface area contributed by atoms with Crippen LogP contribution in [0.5, 0.6) is 0 Å². The van der Waals surface area contributed by atoms with Crippen molar-refractivity contribution in [3.63, 3.8) is 0 Å². The fraction of sp³-hybridized carbons (Fsp3) is 0.500. The molecule has 0 saturated carbocycles. The predicted octanol–water partition coefficient (Wildman–Crippen LogP) is 3.60. The molecule has 0 aliphatic rings. The van der Waals surface area contributed by atoms with Crippen LogP contribution in [-0.4, -0.2) is 22.6 Å². The van der Waals surface area contributed by atoms with E-state index < -0.39 is 0 Å². The van der Waals surface area contributed by atoms with E-state index >= 15 is 0 Å². The SMILES string of the molecule is CCCNCC(C)c1ccc(Cn2ccnc2CC)cc1. The van der Waals surface area contributed by atoms with Crippen molar-refractivity contribution in [2.45, 2.75) is 46.1 Å². The third-order valence-electron chi connectivity index (χ3n) is 3.90. The van der Waals surface area contributed by atoms with Gasteiger partial charge in [-0.3, -0.25) is 0 Å². The summed E-state index contributed by atoms with van der Waals surface area (Å²) in [4.78, 5) is 4.37. The zero-order valence-corrected chi connectivity index (χ0v) is 13.5. The molecule has 1 aromatic heterocycles. The van der Waals surface area contributed by atoms with Crippen molar-refractivity contribution in [2.24, 2.45) is 0 Å². The lowest BCUT2D eigenvalue weighted by Crippen LogP contribution is -2.20. The fourth-order valence-corrected chi connectivity index (χ4v) is 2.56. The summed E-state index contributed by atoms with van der Waals surface area (Å²) >= 11 is 0. The Morgan fingerprint density at radius 2 is 1.95 bits per heavy atom. The number of rotatable bonds is 8. The standard InChI is InChI=1S/C18H27N3/c1-4-10-19-13-15(3)17-8-6-16(7-9-17)14-21-12-11-20-18(21)5-2/h6-9,11-12,15,19H,4-5,10,13-14H2,1-3H3. The molecule has 114 valence electrons. The van der Waals surface area contributed by atoms with Crippen LogP contribution in [0.2, 0.25) is 0 Å². The van der Waals surface area contributed by atoms with E-state index in [0.717, 1.165) is 31.9 Å². The smallest absolute Gasteiger partial charge is 0.108 e. The molecule has 1 unspecified atom stereocenters. The molecular weight excluding hydrogens is 258 g/mol. The maximum Gasteiger partial charge on any atom is 0.108 e. The number of nitrogens with zero attached hydrogens (tertiary/aromatic N) is 2. The fourth-order valence-electron chi connectivity index (χ4n) is 2.56. The first-order chi connectivity index (χ1) is 10.2. The second-order valence-electron chi connectivity index (χ2n) is 5.67. The average Bonchev–Trinajstić information content (AvgIpc) is 2.95. The van der Waals surface area contributed by atoms with Gasteiger partial charge in [0.05, 0.1) is 0 Å². The third-order valence-corrected chi connectivity index (χ3v) is 3.90. The summed E-state index contributed by atoms with van der Waals surface area (Å²) in [7, 11) is 0. The lowest BCUT2D eigenvalue weighted by atomic mass is 9.99. The van der Waals surface area contributed by atoms with Crippen LogP contribution in [0.25, 0.3) is 0 Å². The van der Waals surface area contributed by atoms with E-state index in [1.165, 1.54) is 17.5 Å². The summed E-state index contributed by atoms with van der Waals surface area (Å²) < 4.78 is 2.22. The summed E-state index contributed by atoms with van der Waals surface area (Å²) in [6.45, 7) is 9.69. The summed E-state index contributed by atoms with van der Waals surface area (Å²) in [5.41, 5.74) is 2.74. The van der Waals surface area contributed by atoms with Crippen LogP contribution in [0.15, 0.2) is 36.7 Å². The number of benzene rings is 1. The second kappa shape index (κ2) is 7.99. The van der Waals surface area contributed by atoms with Gasteiger partial charge < -0.3 is 9.88 Å². The van der Waals surface area contributed by atoms with Crippen LogP contribution in [0.1, 0.15) is 50.1 Å². The normalized spacial score (nSPS) is 12.5. The van der Waals surface area contributed by atoms with Crippen LogP contribution in [-0.2, 0) is 13.0 Å².